The van der Waals surface area contributed by atoms with Crippen LogP contribution in [0.1, 0.15) is 31.7 Å². The summed E-state index contributed by atoms with van der Waals surface area (Å²) in [4.78, 5) is 11.2. The van der Waals surface area contributed by atoms with Gasteiger partial charge in [-0.2, -0.15) is 0 Å². The molecular formula is C14H18O. The van der Waals surface area contributed by atoms with Crippen LogP contribution in [0.4, 0.5) is 0 Å². The molecule has 0 spiro atoms. The van der Waals surface area contributed by atoms with Crippen molar-refractivity contribution < 1.29 is 4.79 Å². The summed E-state index contributed by atoms with van der Waals surface area (Å²) in [5.41, 5.74) is 0.758. The molecule has 0 aliphatic carbocycles. The Balaban J connectivity index is 2.76. The molecule has 1 nitrogen and oxygen atoms in total. The number of carbonyl (C=O) groups excluding carboxylic acids is 1. The van der Waals surface area contributed by atoms with Gasteiger partial charge in [0, 0.05) is 5.41 Å². The van der Waals surface area contributed by atoms with E-state index in [1.807, 2.05) is 43.3 Å². The minimum atomic E-state index is -0.343. The summed E-state index contributed by atoms with van der Waals surface area (Å²) in [5, 5.41) is 0. The van der Waals surface area contributed by atoms with Crippen LogP contribution in [0.15, 0.2) is 43.0 Å². The van der Waals surface area contributed by atoms with Crippen molar-refractivity contribution in [1.29, 1.82) is 0 Å². The number of benzene rings is 1. The van der Waals surface area contributed by atoms with Gasteiger partial charge in [0.25, 0.3) is 0 Å². The van der Waals surface area contributed by atoms with Crippen LogP contribution in [0, 0.1) is 0 Å². The molecule has 0 aromatic heterocycles. The molecule has 15 heavy (non-hydrogen) atoms. The summed E-state index contributed by atoms with van der Waals surface area (Å²) >= 11 is 0. The van der Waals surface area contributed by atoms with Gasteiger partial charge in [-0.05, 0) is 31.7 Å². The molecule has 0 heterocycles. The van der Waals surface area contributed by atoms with E-state index < -0.39 is 0 Å². The summed E-state index contributed by atoms with van der Waals surface area (Å²) < 4.78 is 0. The Morgan fingerprint density at radius 3 is 2.53 bits per heavy atom. The van der Waals surface area contributed by atoms with Gasteiger partial charge in [0.05, 0.1) is 0 Å². The molecule has 0 aliphatic heterocycles. The fourth-order valence-corrected chi connectivity index (χ4v) is 1.70. The van der Waals surface area contributed by atoms with Crippen molar-refractivity contribution in [3.63, 3.8) is 0 Å². The van der Waals surface area contributed by atoms with Gasteiger partial charge in [0.2, 0.25) is 0 Å². The van der Waals surface area contributed by atoms with E-state index in [0.717, 1.165) is 31.1 Å². The Morgan fingerprint density at radius 2 is 2.00 bits per heavy atom. The van der Waals surface area contributed by atoms with E-state index in [2.05, 4.69) is 6.58 Å². The molecule has 1 rings (SSSR count). The smallest absolute Gasteiger partial charge is 0.130 e. The molecule has 0 aliphatic rings. The lowest BCUT2D eigenvalue weighted by atomic mass is 9.79. The van der Waals surface area contributed by atoms with Crippen LogP contribution in [0.2, 0.25) is 0 Å². The molecule has 1 aromatic carbocycles. The third-order valence-electron chi connectivity index (χ3n) is 2.80. The molecule has 0 saturated heterocycles. The number of unbranched alkanes of at least 4 members (excludes halogenated alkanes) is 1. The van der Waals surface area contributed by atoms with E-state index in [4.69, 9.17) is 0 Å². The Labute approximate surface area is 91.8 Å². The zero-order valence-corrected chi connectivity index (χ0v) is 9.28. The Kier molecular flexibility index (Phi) is 4.29. The van der Waals surface area contributed by atoms with Gasteiger partial charge in [-0.1, -0.05) is 36.4 Å². The lowest BCUT2D eigenvalue weighted by molar-refractivity contribution is -0.112. The molecule has 0 N–H and O–H groups in total. The number of allylic oxidation sites excluding steroid dienone is 1. The van der Waals surface area contributed by atoms with Crippen LogP contribution in [0.5, 0.6) is 0 Å². The van der Waals surface area contributed by atoms with Crippen LogP contribution < -0.4 is 0 Å². The Hall–Kier alpha value is -1.37. The van der Waals surface area contributed by atoms with Crippen LogP contribution in [0.25, 0.3) is 0 Å². The zero-order valence-electron chi connectivity index (χ0n) is 9.28. The van der Waals surface area contributed by atoms with E-state index in [1.165, 1.54) is 0 Å². The highest BCUT2D eigenvalue weighted by Gasteiger charge is 2.24. The van der Waals surface area contributed by atoms with Crippen molar-refractivity contribution in [2.24, 2.45) is 0 Å². The third-order valence-corrected chi connectivity index (χ3v) is 2.80. The van der Waals surface area contributed by atoms with Gasteiger partial charge in [0.15, 0.2) is 0 Å². The quantitative estimate of drug-likeness (QED) is 0.392. The van der Waals surface area contributed by atoms with Crippen molar-refractivity contribution in [2.75, 3.05) is 0 Å². The predicted octanol–water partition coefficient (Wildman–Crippen LogP) is 3.50. The highest BCUT2D eigenvalue weighted by molar-refractivity contribution is 5.67. The summed E-state index contributed by atoms with van der Waals surface area (Å²) in [6, 6.07) is 9.96. The fraction of sp³-hybridized carbons (Fsp3) is 0.357. The van der Waals surface area contributed by atoms with Gasteiger partial charge in [-0.15, -0.1) is 6.58 Å². The molecule has 0 saturated carbocycles. The minimum absolute atomic E-state index is 0.343. The maximum atomic E-state index is 11.2. The van der Waals surface area contributed by atoms with Crippen molar-refractivity contribution in [2.45, 2.75) is 31.6 Å². The highest BCUT2D eigenvalue weighted by Crippen LogP contribution is 2.27. The lowest BCUT2D eigenvalue weighted by Gasteiger charge is -2.23. The second kappa shape index (κ2) is 5.50. The van der Waals surface area contributed by atoms with Crippen LogP contribution >= 0.6 is 0 Å². The van der Waals surface area contributed by atoms with Gasteiger partial charge in [-0.25, -0.2) is 0 Å². The van der Waals surface area contributed by atoms with Gasteiger partial charge >= 0.3 is 0 Å². The molecule has 0 bridgehead atoms. The summed E-state index contributed by atoms with van der Waals surface area (Å²) in [5.74, 6) is 0. The first-order valence-corrected chi connectivity index (χ1v) is 5.36. The average Bonchev–Trinajstić information content (AvgIpc) is 2.30. The monoisotopic (exact) mass is 202 g/mol. The normalized spacial score (nSPS) is 14.2. The average molecular weight is 202 g/mol. The standard InChI is InChI=1S/C14H18O/c1-3-4-8-11-14(2,12-15)13-9-6-5-7-10-13/h3,5-7,9-10,12H,1,4,8,11H2,2H3/t14-/m1/s1. The van der Waals surface area contributed by atoms with E-state index in [0.29, 0.717) is 0 Å². The topological polar surface area (TPSA) is 17.1 Å². The fourth-order valence-electron chi connectivity index (χ4n) is 1.70. The highest BCUT2D eigenvalue weighted by atomic mass is 16.1. The van der Waals surface area contributed by atoms with Gasteiger partial charge in [-0.3, -0.25) is 0 Å². The third kappa shape index (κ3) is 3.05. The number of rotatable bonds is 6. The first-order valence-electron chi connectivity index (χ1n) is 5.36. The van der Waals surface area contributed by atoms with E-state index in [1.54, 1.807) is 0 Å². The second-order valence-electron chi connectivity index (χ2n) is 4.08. The summed E-state index contributed by atoms with van der Waals surface area (Å²) in [7, 11) is 0. The van der Waals surface area contributed by atoms with Crippen LogP contribution in [-0.4, -0.2) is 6.29 Å². The Bertz CT molecular complexity index is 315. The zero-order chi connectivity index (χ0) is 11.1. The molecule has 0 amide bonds. The number of carbonyl (C=O) groups is 1. The first kappa shape index (κ1) is 11.7. The van der Waals surface area contributed by atoms with Crippen molar-refractivity contribution >= 4 is 6.29 Å². The van der Waals surface area contributed by atoms with E-state index in [-0.39, 0.29) is 5.41 Å². The maximum Gasteiger partial charge on any atom is 0.130 e. The summed E-state index contributed by atoms with van der Waals surface area (Å²) in [6.07, 6.45) is 5.82. The largest absolute Gasteiger partial charge is 0.302 e. The minimum Gasteiger partial charge on any atom is -0.302 e. The molecule has 1 aromatic rings. The van der Waals surface area contributed by atoms with Crippen LogP contribution in [0.3, 0.4) is 0 Å². The first-order chi connectivity index (χ1) is 7.23. The number of aldehydes is 1. The van der Waals surface area contributed by atoms with Crippen molar-refractivity contribution in [1.82, 2.24) is 0 Å². The SMILES string of the molecule is C=CCCC[C@](C)(C=O)c1ccccc1. The van der Waals surface area contributed by atoms with Crippen LogP contribution in [-0.2, 0) is 10.2 Å². The van der Waals surface area contributed by atoms with Gasteiger partial charge < -0.3 is 4.79 Å². The van der Waals surface area contributed by atoms with Gasteiger partial charge in [0.1, 0.15) is 6.29 Å². The Morgan fingerprint density at radius 1 is 1.33 bits per heavy atom. The molecule has 80 valence electrons. The summed E-state index contributed by atoms with van der Waals surface area (Å²) in [6.45, 7) is 5.69. The lowest BCUT2D eigenvalue weighted by Crippen LogP contribution is -2.23. The van der Waals surface area contributed by atoms with E-state index in [9.17, 15) is 4.79 Å². The molecule has 0 unspecified atom stereocenters. The molecular weight excluding hydrogens is 184 g/mol. The predicted molar refractivity (Wildman–Crippen MR) is 63.9 cm³/mol. The van der Waals surface area contributed by atoms with Crippen molar-refractivity contribution in [3.05, 3.63) is 48.6 Å². The maximum absolute atomic E-state index is 11.2. The number of hydrogen-bond acceptors (Lipinski definition) is 1. The van der Waals surface area contributed by atoms with E-state index >= 15 is 0 Å². The number of hydrogen-bond donors (Lipinski definition) is 0. The molecule has 0 fully saturated rings. The molecule has 0 radical (unpaired) electrons. The second-order valence-corrected chi connectivity index (χ2v) is 4.08. The molecule has 1 heteroatoms. The molecule has 1 atom stereocenters. The van der Waals surface area contributed by atoms with Crippen molar-refractivity contribution in [3.8, 4) is 0 Å².